The van der Waals surface area contributed by atoms with Crippen LogP contribution in [0.2, 0.25) is 0 Å². The number of nitroso groups, excluding NO2 is 1. The van der Waals surface area contributed by atoms with Gasteiger partial charge in [0.05, 0.1) is 7.11 Å². The third-order valence-electron chi connectivity index (χ3n) is 1.58. The van der Waals surface area contributed by atoms with E-state index in [-0.39, 0.29) is 0 Å². The molecular weight excluding hydrogens is 156 g/mol. The Morgan fingerprint density at radius 3 is 2.83 bits per heavy atom. The summed E-state index contributed by atoms with van der Waals surface area (Å²) in [5.41, 5.74) is 6.62. The average molecular weight is 166 g/mol. The summed E-state index contributed by atoms with van der Waals surface area (Å²) in [6.07, 6.45) is 0. The van der Waals surface area contributed by atoms with Crippen molar-refractivity contribution in [3.05, 3.63) is 28.7 Å². The van der Waals surface area contributed by atoms with Crippen molar-refractivity contribution in [1.82, 2.24) is 0 Å². The van der Waals surface area contributed by atoms with E-state index in [0.717, 1.165) is 5.56 Å². The smallest absolute Gasteiger partial charge is 0.149 e. The second kappa shape index (κ2) is 3.82. The van der Waals surface area contributed by atoms with Crippen molar-refractivity contribution in [2.45, 2.75) is 6.54 Å². The van der Waals surface area contributed by atoms with E-state index in [4.69, 9.17) is 10.5 Å². The van der Waals surface area contributed by atoms with E-state index in [9.17, 15) is 4.91 Å². The van der Waals surface area contributed by atoms with Gasteiger partial charge in [0, 0.05) is 6.54 Å². The first-order valence-corrected chi connectivity index (χ1v) is 3.52. The van der Waals surface area contributed by atoms with Crippen molar-refractivity contribution in [3.8, 4) is 5.75 Å². The van der Waals surface area contributed by atoms with E-state index < -0.39 is 0 Å². The standard InChI is InChI=1S/C8H10N2O2/c1-12-8-4-6(5-9)2-3-7(8)10-11/h2-4H,5,9H2,1H3. The van der Waals surface area contributed by atoms with Gasteiger partial charge in [0.15, 0.2) is 0 Å². The van der Waals surface area contributed by atoms with Crippen molar-refractivity contribution >= 4 is 5.69 Å². The van der Waals surface area contributed by atoms with Crippen LogP contribution in [-0.4, -0.2) is 7.11 Å². The molecule has 0 amide bonds. The number of methoxy groups -OCH3 is 1. The molecule has 0 radical (unpaired) electrons. The zero-order valence-corrected chi connectivity index (χ0v) is 6.78. The maximum absolute atomic E-state index is 10.2. The van der Waals surface area contributed by atoms with Gasteiger partial charge >= 0.3 is 0 Å². The zero-order chi connectivity index (χ0) is 8.97. The van der Waals surface area contributed by atoms with Gasteiger partial charge in [-0.1, -0.05) is 6.07 Å². The molecule has 12 heavy (non-hydrogen) atoms. The van der Waals surface area contributed by atoms with Crippen molar-refractivity contribution in [1.29, 1.82) is 0 Å². The molecule has 1 aromatic carbocycles. The molecule has 4 nitrogen and oxygen atoms in total. The number of benzene rings is 1. The van der Waals surface area contributed by atoms with Crippen LogP contribution in [0.3, 0.4) is 0 Å². The number of rotatable bonds is 3. The molecule has 0 unspecified atom stereocenters. The Labute approximate surface area is 70.3 Å². The lowest BCUT2D eigenvalue weighted by atomic mass is 10.2. The maximum Gasteiger partial charge on any atom is 0.149 e. The molecule has 0 aliphatic rings. The first kappa shape index (κ1) is 8.67. The molecule has 1 aromatic rings. The second-order valence-electron chi connectivity index (χ2n) is 2.30. The van der Waals surface area contributed by atoms with Crippen molar-refractivity contribution < 1.29 is 4.74 Å². The molecule has 0 saturated carbocycles. The summed E-state index contributed by atoms with van der Waals surface area (Å²) in [5, 5.41) is 2.80. The van der Waals surface area contributed by atoms with Crippen LogP contribution in [0.15, 0.2) is 23.4 Å². The monoisotopic (exact) mass is 166 g/mol. The van der Waals surface area contributed by atoms with Gasteiger partial charge in [-0.25, -0.2) is 0 Å². The van der Waals surface area contributed by atoms with Crippen LogP contribution < -0.4 is 10.5 Å². The molecule has 0 aromatic heterocycles. The largest absolute Gasteiger partial charge is 0.494 e. The van der Waals surface area contributed by atoms with E-state index in [1.54, 1.807) is 18.2 Å². The third kappa shape index (κ3) is 1.60. The number of ether oxygens (including phenoxy) is 1. The van der Waals surface area contributed by atoms with E-state index in [2.05, 4.69) is 5.18 Å². The molecule has 0 aliphatic heterocycles. The Balaban J connectivity index is 3.10. The van der Waals surface area contributed by atoms with Crippen LogP contribution in [0.5, 0.6) is 5.75 Å². The van der Waals surface area contributed by atoms with Gasteiger partial charge in [0.1, 0.15) is 11.4 Å². The van der Waals surface area contributed by atoms with E-state index in [0.29, 0.717) is 18.0 Å². The van der Waals surface area contributed by atoms with Crippen LogP contribution in [-0.2, 0) is 6.54 Å². The lowest BCUT2D eigenvalue weighted by Crippen LogP contribution is -1.96. The molecular formula is C8H10N2O2. The minimum absolute atomic E-state index is 0.301. The molecule has 0 heterocycles. The van der Waals surface area contributed by atoms with Gasteiger partial charge < -0.3 is 10.5 Å². The Bertz CT molecular complexity index is 286. The molecule has 1 rings (SSSR count). The lowest BCUT2D eigenvalue weighted by Gasteiger charge is -2.03. The molecule has 0 bridgehead atoms. The highest BCUT2D eigenvalue weighted by Gasteiger charge is 2.02. The Hall–Kier alpha value is -1.42. The molecule has 2 N–H and O–H groups in total. The minimum Gasteiger partial charge on any atom is -0.494 e. The summed E-state index contributed by atoms with van der Waals surface area (Å²) < 4.78 is 4.93. The Morgan fingerprint density at radius 1 is 1.58 bits per heavy atom. The molecule has 0 spiro atoms. The van der Waals surface area contributed by atoms with Crippen LogP contribution in [0.25, 0.3) is 0 Å². The minimum atomic E-state index is 0.301. The normalized spacial score (nSPS) is 9.50. The van der Waals surface area contributed by atoms with Gasteiger partial charge in [-0.05, 0) is 22.9 Å². The highest BCUT2D eigenvalue weighted by Crippen LogP contribution is 2.27. The lowest BCUT2D eigenvalue weighted by molar-refractivity contribution is 0.415. The SMILES string of the molecule is COc1cc(CN)ccc1N=O. The summed E-state index contributed by atoms with van der Waals surface area (Å²) in [5.74, 6) is 0.466. The fourth-order valence-electron chi connectivity index (χ4n) is 0.924. The van der Waals surface area contributed by atoms with Gasteiger partial charge in [-0.15, -0.1) is 4.91 Å². The highest BCUT2D eigenvalue weighted by atomic mass is 16.5. The van der Waals surface area contributed by atoms with E-state index in [1.807, 2.05) is 0 Å². The number of nitrogens with two attached hydrogens (primary N) is 1. The summed E-state index contributed by atoms with van der Waals surface area (Å²) in [7, 11) is 1.49. The first-order chi connectivity index (χ1) is 5.81. The van der Waals surface area contributed by atoms with Gasteiger partial charge in [0.25, 0.3) is 0 Å². The van der Waals surface area contributed by atoms with Crippen molar-refractivity contribution in [2.75, 3.05) is 7.11 Å². The van der Waals surface area contributed by atoms with E-state index >= 15 is 0 Å². The van der Waals surface area contributed by atoms with Crippen LogP contribution in [0.4, 0.5) is 5.69 Å². The fourth-order valence-corrected chi connectivity index (χ4v) is 0.924. The van der Waals surface area contributed by atoms with E-state index in [1.165, 1.54) is 7.11 Å². The number of nitrogens with zero attached hydrogens (tertiary/aromatic N) is 1. The third-order valence-corrected chi connectivity index (χ3v) is 1.58. The fraction of sp³-hybridized carbons (Fsp3) is 0.250. The summed E-state index contributed by atoms with van der Waals surface area (Å²) in [6.45, 7) is 0.426. The molecule has 64 valence electrons. The number of hydrogen-bond donors (Lipinski definition) is 1. The molecule has 0 saturated heterocycles. The van der Waals surface area contributed by atoms with Crippen LogP contribution in [0.1, 0.15) is 5.56 Å². The predicted octanol–water partition coefficient (Wildman–Crippen LogP) is 1.55. The summed E-state index contributed by atoms with van der Waals surface area (Å²) >= 11 is 0. The van der Waals surface area contributed by atoms with Gasteiger partial charge in [0.2, 0.25) is 0 Å². The Morgan fingerprint density at radius 2 is 2.33 bits per heavy atom. The molecule has 4 heteroatoms. The van der Waals surface area contributed by atoms with Gasteiger partial charge in [-0.3, -0.25) is 0 Å². The van der Waals surface area contributed by atoms with Crippen LogP contribution >= 0.6 is 0 Å². The predicted molar refractivity (Wildman–Crippen MR) is 46.3 cm³/mol. The highest BCUT2D eigenvalue weighted by molar-refractivity contribution is 5.53. The van der Waals surface area contributed by atoms with Crippen molar-refractivity contribution in [3.63, 3.8) is 0 Å². The second-order valence-corrected chi connectivity index (χ2v) is 2.30. The zero-order valence-electron chi connectivity index (χ0n) is 6.78. The molecule has 0 atom stereocenters. The Kier molecular flexibility index (Phi) is 2.76. The van der Waals surface area contributed by atoms with Gasteiger partial charge in [-0.2, -0.15) is 0 Å². The summed E-state index contributed by atoms with van der Waals surface area (Å²) in [6, 6.07) is 5.05. The molecule has 0 aliphatic carbocycles. The quantitative estimate of drug-likeness (QED) is 0.693. The number of hydrogen-bond acceptors (Lipinski definition) is 4. The molecule has 0 fully saturated rings. The summed E-state index contributed by atoms with van der Waals surface area (Å²) in [4.78, 5) is 10.2. The maximum atomic E-state index is 10.2. The van der Waals surface area contributed by atoms with Crippen molar-refractivity contribution in [2.24, 2.45) is 10.9 Å². The topological polar surface area (TPSA) is 64.7 Å². The first-order valence-electron chi connectivity index (χ1n) is 3.52. The van der Waals surface area contributed by atoms with Crippen LogP contribution in [0, 0.1) is 4.91 Å². The average Bonchev–Trinajstić information content (AvgIpc) is 2.16.